The molecule has 8 heteroatoms. The van der Waals surface area contributed by atoms with Gasteiger partial charge in [-0.05, 0) is 42.7 Å². The molecule has 0 unspecified atom stereocenters. The van der Waals surface area contributed by atoms with Gasteiger partial charge in [0.25, 0.3) is 0 Å². The first-order chi connectivity index (χ1) is 13.4. The van der Waals surface area contributed by atoms with Gasteiger partial charge in [-0.2, -0.15) is 0 Å². The van der Waals surface area contributed by atoms with Crippen LogP contribution in [-0.4, -0.2) is 35.6 Å². The molecule has 28 heavy (non-hydrogen) atoms. The van der Waals surface area contributed by atoms with Crippen molar-refractivity contribution in [1.82, 2.24) is 9.97 Å². The third-order valence-electron chi connectivity index (χ3n) is 4.03. The van der Waals surface area contributed by atoms with E-state index >= 15 is 0 Å². The molecule has 0 spiro atoms. The summed E-state index contributed by atoms with van der Waals surface area (Å²) in [5.41, 5.74) is 2.01. The topological polar surface area (TPSA) is 90.4 Å². The van der Waals surface area contributed by atoms with Gasteiger partial charge in [-0.3, -0.25) is 0 Å². The summed E-state index contributed by atoms with van der Waals surface area (Å²) in [6.07, 6.45) is 1.44. The molecule has 7 nitrogen and oxygen atoms in total. The van der Waals surface area contributed by atoms with Crippen molar-refractivity contribution in [2.24, 2.45) is 5.92 Å². The summed E-state index contributed by atoms with van der Waals surface area (Å²) in [6.45, 7) is 6.20. The average Bonchev–Trinajstić information content (AvgIpc) is 3.03. The number of hydrogen-bond acceptors (Lipinski definition) is 8. The highest BCUT2D eigenvalue weighted by Gasteiger charge is 2.19. The number of esters is 2. The number of anilines is 2. The van der Waals surface area contributed by atoms with E-state index in [0.717, 1.165) is 16.6 Å². The number of aryl methyl sites for hydroxylation is 1. The lowest BCUT2D eigenvalue weighted by molar-refractivity contribution is 0.0458. The van der Waals surface area contributed by atoms with Gasteiger partial charge in [-0.1, -0.05) is 13.8 Å². The second-order valence-corrected chi connectivity index (χ2v) is 7.64. The van der Waals surface area contributed by atoms with Crippen LogP contribution in [0.2, 0.25) is 0 Å². The Balaban J connectivity index is 1.84. The Morgan fingerprint density at radius 2 is 1.86 bits per heavy atom. The highest BCUT2D eigenvalue weighted by Crippen LogP contribution is 2.34. The molecule has 0 saturated carbocycles. The van der Waals surface area contributed by atoms with E-state index in [-0.39, 0.29) is 11.9 Å². The monoisotopic (exact) mass is 399 g/mol. The maximum atomic E-state index is 12.0. The molecule has 0 atom stereocenters. The van der Waals surface area contributed by atoms with E-state index in [1.54, 1.807) is 24.3 Å². The van der Waals surface area contributed by atoms with E-state index in [0.29, 0.717) is 27.7 Å². The number of nitrogens with zero attached hydrogens (tertiary/aromatic N) is 2. The third-order valence-corrected chi connectivity index (χ3v) is 5.21. The molecule has 0 amide bonds. The van der Waals surface area contributed by atoms with Crippen molar-refractivity contribution in [2.75, 3.05) is 19.0 Å². The molecule has 2 aromatic heterocycles. The zero-order valence-corrected chi connectivity index (χ0v) is 16.9. The number of fused-ring (bicyclic) bond motifs is 1. The molecule has 0 radical (unpaired) electrons. The summed E-state index contributed by atoms with van der Waals surface area (Å²) in [6, 6.07) is 6.96. The van der Waals surface area contributed by atoms with E-state index in [2.05, 4.69) is 15.3 Å². The highest BCUT2D eigenvalue weighted by atomic mass is 32.1. The van der Waals surface area contributed by atoms with Gasteiger partial charge in [0.1, 0.15) is 21.9 Å². The number of benzene rings is 1. The molecule has 0 aliphatic rings. The lowest BCUT2D eigenvalue weighted by Crippen LogP contribution is -2.10. The van der Waals surface area contributed by atoms with Crippen molar-refractivity contribution in [3.8, 4) is 0 Å². The van der Waals surface area contributed by atoms with Crippen LogP contribution in [0.1, 0.15) is 39.4 Å². The van der Waals surface area contributed by atoms with Gasteiger partial charge in [0.05, 0.1) is 24.7 Å². The highest BCUT2D eigenvalue weighted by molar-refractivity contribution is 7.20. The molecule has 2 heterocycles. The first-order valence-corrected chi connectivity index (χ1v) is 9.59. The minimum absolute atomic E-state index is 0.286. The number of nitrogens with one attached hydrogen (secondary N) is 1. The van der Waals surface area contributed by atoms with Crippen molar-refractivity contribution in [1.29, 1.82) is 0 Å². The van der Waals surface area contributed by atoms with Gasteiger partial charge in [0.15, 0.2) is 0 Å². The SMILES string of the molecule is COC(=O)c1sc2ncnc(Nc3ccc(C(=O)OCC(C)C)cc3)c2c1C. The van der Waals surface area contributed by atoms with E-state index in [1.807, 2.05) is 20.8 Å². The third kappa shape index (κ3) is 4.12. The fourth-order valence-corrected chi connectivity index (χ4v) is 3.67. The van der Waals surface area contributed by atoms with Crippen molar-refractivity contribution < 1.29 is 19.1 Å². The number of methoxy groups -OCH3 is 1. The molecule has 0 aliphatic heterocycles. The Hall–Kier alpha value is -3.00. The summed E-state index contributed by atoms with van der Waals surface area (Å²) < 4.78 is 10.1. The van der Waals surface area contributed by atoms with Crippen LogP contribution in [0.5, 0.6) is 0 Å². The van der Waals surface area contributed by atoms with Crippen molar-refractivity contribution >= 4 is 45.0 Å². The smallest absolute Gasteiger partial charge is 0.348 e. The number of carbonyl (C=O) groups is 2. The second-order valence-electron chi connectivity index (χ2n) is 6.64. The van der Waals surface area contributed by atoms with Gasteiger partial charge >= 0.3 is 11.9 Å². The standard InChI is InChI=1S/C20H21N3O4S/c1-11(2)9-27-19(24)13-5-7-14(8-6-13)23-17-15-12(3)16(20(25)26-4)28-18(15)22-10-21-17/h5-8,10-11H,9H2,1-4H3,(H,21,22,23). The fraction of sp³-hybridized carbons (Fsp3) is 0.300. The predicted octanol–water partition coefficient (Wildman–Crippen LogP) is 4.34. The van der Waals surface area contributed by atoms with E-state index in [4.69, 9.17) is 9.47 Å². The molecular formula is C20H21N3O4S. The van der Waals surface area contributed by atoms with Crippen LogP contribution < -0.4 is 5.32 Å². The van der Waals surface area contributed by atoms with Crippen LogP contribution in [0.25, 0.3) is 10.2 Å². The molecule has 0 aliphatic carbocycles. The Morgan fingerprint density at radius 1 is 1.14 bits per heavy atom. The summed E-state index contributed by atoms with van der Waals surface area (Å²) in [7, 11) is 1.35. The average molecular weight is 399 g/mol. The molecular weight excluding hydrogens is 378 g/mol. The molecule has 0 saturated heterocycles. The van der Waals surface area contributed by atoms with Crippen LogP contribution in [0.15, 0.2) is 30.6 Å². The molecule has 3 aromatic rings. The van der Waals surface area contributed by atoms with E-state index < -0.39 is 5.97 Å². The minimum Gasteiger partial charge on any atom is -0.465 e. The zero-order chi connectivity index (χ0) is 20.3. The van der Waals surface area contributed by atoms with Gasteiger partial charge in [0.2, 0.25) is 0 Å². The molecule has 1 aromatic carbocycles. The van der Waals surface area contributed by atoms with E-state index in [9.17, 15) is 9.59 Å². The first kappa shape index (κ1) is 19.8. The fourth-order valence-electron chi connectivity index (χ4n) is 2.61. The second kappa shape index (κ2) is 8.35. The first-order valence-electron chi connectivity index (χ1n) is 8.77. The minimum atomic E-state index is -0.393. The van der Waals surface area contributed by atoms with Crippen LogP contribution >= 0.6 is 11.3 Å². The normalized spacial score (nSPS) is 10.9. The molecule has 1 N–H and O–H groups in total. The molecule has 0 bridgehead atoms. The largest absolute Gasteiger partial charge is 0.465 e. The van der Waals surface area contributed by atoms with Gasteiger partial charge in [-0.25, -0.2) is 19.6 Å². The van der Waals surface area contributed by atoms with Gasteiger partial charge in [-0.15, -0.1) is 11.3 Å². The van der Waals surface area contributed by atoms with Crippen LogP contribution in [-0.2, 0) is 9.47 Å². The predicted molar refractivity (Wildman–Crippen MR) is 108 cm³/mol. The molecule has 0 fully saturated rings. The maximum Gasteiger partial charge on any atom is 0.348 e. The quantitative estimate of drug-likeness (QED) is 0.617. The van der Waals surface area contributed by atoms with Crippen LogP contribution in [0, 0.1) is 12.8 Å². The van der Waals surface area contributed by atoms with Crippen molar-refractivity contribution in [3.63, 3.8) is 0 Å². The number of ether oxygens (including phenoxy) is 2. The molecule has 146 valence electrons. The van der Waals surface area contributed by atoms with Gasteiger partial charge in [0, 0.05) is 5.69 Å². The Labute approximate surface area is 166 Å². The number of carbonyl (C=O) groups excluding carboxylic acids is 2. The summed E-state index contributed by atoms with van der Waals surface area (Å²) in [5.74, 6) is 0.134. The Kier molecular flexibility index (Phi) is 5.89. The van der Waals surface area contributed by atoms with Crippen molar-refractivity contribution in [2.45, 2.75) is 20.8 Å². The summed E-state index contributed by atoms with van der Waals surface area (Å²) in [4.78, 5) is 33.7. The number of thiophene rings is 1. The summed E-state index contributed by atoms with van der Waals surface area (Å²) >= 11 is 1.27. The van der Waals surface area contributed by atoms with Crippen LogP contribution in [0.4, 0.5) is 11.5 Å². The lowest BCUT2D eigenvalue weighted by atomic mass is 10.2. The zero-order valence-electron chi connectivity index (χ0n) is 16.1. The molecule has 3 rings (SSSR count). The maximum absolute atomic E-state index is 12.0. The van der Waals surface area contributed by atoms with E-state index in [1.165, 1.54) is 24.8 Å². The number of rotatable bonds is 6. The Morgan fingerprint density at radius 3 is 2.50 bits per heavy atom. The lowest BCUT2D eigenvalue weighted by Gasteiger charge is -2.09. The summed E-state index contributed by atoms with van der Waals surface area (Å²) in [5, 5.41) is 4.00. The Bertz CT molecular complexity index is 1010. The van der Waals surface area contributed by atoms with Crippen molar-refractivity contribution in [3.05, 3.63) is 46.6 Å². The number of aromatic nitrogens is 2. The van der Waals surface area contributed by atoms with Gasteiger partial charge < -0.3 is 14.8 Å². The number of hydrogen-bond donors (Lipinski definition) is 1. The van der Waals surface area contributed by atoms with Crippen LogP contribution in [0.3, 0.4) is 0 Å².